The van der Waals surface area contributed by atoms with Crippen molar-refractivity contribution in [3.05, 3.63) is 0 Å². The molecule has 1 unspecified atom stereocenters. The molecule has 0 nitrogen and oxygen atoms in total. The van der Waals surface area contributed by atoms with Gasteiger partial charge in [-0.1, -0.05) is 19.7 Å². The van der Waals surface area contributed by atoms with Crippen LogP contribution in [-0.4, -0.2) is 13.6 Å². The first-order chi connectivity index (χ1) is 3.85. The van der Waals surface area contributed by atoms with E-state index in [9.17, 15) is 0 Å². The van der Waals surface area contributed by atoms with Crippen molar-refractivity contribution in [2.24, 2.45) is 5.92 Å². The average Bonchev–Trinajstić information content (AvgIpc) is 1.83. The maximum Gasteiger partial charge on any atom is 0.101 e. The van der Waals surface area contributed by atoms with Gasteiger partial charge in [0.25, 0.3) is 0 Å². The quantitative estimate of drug-likeness (QED) is 0.431. The molecule has 1 atom stereocenters. The molecule has 0 aromatic heterocycles. The third-order valence-corrected chi connectivity index (χ3v) is 1.95. The van der Waals surface area contributed by atoms with Crippen LogP contribution in [0.25, 0.3) is 0 Å². The minimum absolute atomic E-state index is 0.924. The molecule has 0 amide bonds. The standard InChI is InChI=1S/C6H15BS/c1-2-6(5-7)3-4-8/h6,8H,2-5,7H2,1H3. The maximum absolute atomic E-state index is 4.17. The van der Waals surface area contributed by atoms with Crippen LogP contribution in [-0.2, 0) is 0 Å². The van der Waals surface area contributed by atoms with Gasteiger partial charge in [0.1, 0.15) is 7.85 Å². The van der Waals surface area contributed by atoms with Crippen LogP contribution in [0.4, 0.5) is 0 Å². The normalized spacial score (nSPS) is 13.8. The molecule has 0 radical (unpaired) electrons. The molecular formula is C6H15BS. The zero-order valence-electron chi connectivity index (χ0n) is 5.85. The van der Waals surface area contributed by atoms with Crippen LogP contribution >= 0.6 is 12.6 Å². The van der Waals surface area contributed by atoms with Gasteiger partial charge in [0, 0.05) is 0 Å². The first-order valence-corrected chi connectivity index (χ1v) is 4.09. The lowest BCUT2D eigenvalue weighted by atomic mass is 9.88. The van der Waals surface area contributed by atoms with Gasteiger partial charge in [-0.25, -0.2) is 0 Å². The molecule has 0 aromatic carbocycles. The lowest BCUT2D eigenvalue weighted by Crippen LogP contribution is -1.97. The molecule has 48 valence electrons. The summed E-state index contributed by atoms with van der Waals surface area (Å²) in [6.45, 7) is 2.25. The largest absolute Gasteiger partial charge is 0.179 e. The topological polar surface area (TPSA) is 0 Å². The van der Waals surface area contributed by atoms with Crippen molar-refractivity contribution in [3.63, 3.8) is 0 Å². The van der Waals surface area contributed by atoms with Crippen molar-refractivity contribution in [1.82, 2.24) is 0 Å². The zero-order chi connectivity index (χ0) is 6.41. The van der Waals surface area contributed by atoms with Crippen molar-refractivity contribution in [3.8, 4) is 0 Å². The summed E-state index contributed by atoms with van der Waals surface area (Å²) < 4.78 is 0. The van der Waals surface area contributed by atoms with Crippen molar-refractivity contribution in [2.75, 3.05) is 5.75 Å². The average molecular weight is 130 g/mol. The highest BCUT2D eigenvalue weighted by Crippen LogP contribution is 2.11. The SMILES string of the molecule is BCC(CC)CCS. The molecular weight excluding hydrogens is 115 g/mol. The van der Waals surface area contributed by atoms with Gasteiger partial charge in [-0.05, 0) is 18.1 Å². The van der Waals surface area contributed by atoms with E-state index < -0.39 is 0 Å². The predicted octanol–water partition coefficient (Wildman–Crippen LogP) is 1.38. The fourth-order valence-corrected chi connectivity index (χ4v) is 1.24. The van der Waals surface area contributed by atoms with E-state index in [1.807, 2.05) is 0 Å². The summed E-state index contributed by atoms with van der Waals surface area (Å²) in [5.74, 6) is 1.97. The Balaban J connectivity index is 3.07. The van der Waals surface area contributed by atoms with Crippen LogP contribution in [0.2, 0.25) is 6.32 Å². The Kier molecular flexibility index (Phi) is 5.84. The molecule has 0 aromatic rings. The lowest BCUT2D eigenvalue weighted by Gasteiger charge is -2.08. The minimum Gasteiger partial charge on any atom is -0.179 e. The minimum atomic E-state index is 0.924. The summed E-state index contributed by atoms with van der Waals surface area (Å²) in [5.41, 5.74) is 0. The first kappa shape index (κ1) is 8.41. The van der Waals surface area contributed by atoms with Gasteiger partial charge in [-0.15, -0.1) is 0 Å². The van der Waals surface area contributed by atoms with Gasteiger partial charge >= 0.3 is 0 Å². The predicted molar refractivity (Wildman–Crippen MR) is 45.6 cm³/mol. The van der Waals surface area contributed by atoms with Crippen LogP contribution in [0, 0.1) is 5.92 Å². The molecule has 0 aliphatic heterocycles. The van der Waals surface area contributed by atoms with Gasteiger partial charge in [-0.3, -0.25) is 0 Å². The molecule has 0 spiro atoms. The van der Waals surface area contributed by atoms with Crippen LogP contribution in [0.15, 0.2) is 0 Å². The second-order valence-corrected chi connectivity index (χ2v) is 2.64. The summed E-state index contributed by atoms with van der Waals surface area (Å²) in [7, 11) is 2.25. The number of hydrogen-bond donors (Lipinski definition) is 1. The van der Waals surface area contributed by atoms with Crippen molar-refractivity contribution in [2.45, 2.75) is 26.1 Å². The Morgan fingerprint density at radius 3 is 2.38 bits per heavy atom. The van der Waals surface area contributed by atoms with E-state index in [0.29, 0.717) is 0 Å². The number of hydrogen-bond acceptors (Lipinski definition) is 1. The fraction of sp³-hybridized carbons (Fsp3) is 1.00. The maximum atomic E-state index is 4.17. The zero-order valence-corrected chi connectivity index (χ0v) is 6.75. The molecule has 0 saturated carbocycles. The third kappa shape index (κ3) is 3.42. The van der Waals surface area contributed by atoms with Gasteiger partial charge in [0.2, 0.25) is 0 Å². The number of thiol groups is 1. The van der Waals surface area contributed by atoms with Gasteiger partial charge in [0.15, 0.2) is 0 Å². The van der Waals surface area contributed by atoms with E-state index in [1.165, 1.54) is 19.2 Å². The Hall–Kier alpha value is 0.415. The molecule has 0 rings (SSSR count). The number of rotatable bonds is 4. The lowest BCUT2D eigenvalue weighted by molar-refractivity contribution is 0.549. The summed E-state index contributed by atoms with van der Waals surface area (Å²) in [6, 6.07) is 0. The van der Waals surface area contributed by atoms with E-state index in [0.717, 1.165) is 11.7 Å². The summed E-state index contributed by atoms with van der Waals surface area (Å²) >= 11 is 4.17. The first-order valence-electron chi connectivity index (χ1n) is 3.46. The summed E-state index contributed by atoms with van der Waals surface area (Å²) in [6.07, 6.45) is 3.92. The van der Waals surface area contributed by atoms with Gasteiger partial charge in [0.05, 0.1) is 0 Å². The van der Waals surface area contributed by atoms with Crippen molar-refractivity contribution >= 4 is 20.5 Å². The fourth-order valence-electron chi connectivity index (χ4n) is 0.879. The highest BCUT2D eigenvalue weighted by molar-refractivity contribution is 7.80. The van der Waals surface area contributed by atoms with Crippen molar-refractivity contribution < 1.29 is 0 Å². The van der Waals surface area contributed by atoms with E-state index >= 15 is 0 Å². The second kappa shape index (κ2) is 5.55. The van der Waals surface area contributed by atoms with Gasteiger partial charge < -0.3 is 0 Å². The Morgan fingerprint density at radius 2 is 2.25 bits per heavy atom. The molecule has 0 aliphatic carbocycles. The van der Waals surface area contributed by atoms with Crippen LogP contribution < -0.4 is 0 Å². The Bertz CT molecular complexity index is 43.8. The monoisotopic (exact) mass is 130 g/mol. The molecule has 0 aliphatic rings. The summed E-state index contributed by atoms with van der Waals surface area (Å²) in [4.78, 5) is 0. The Labute approximate surface area is 58.9 Å². The smallest absolute Gasteiger partial charge is 0.101 e. The Morgan fingerprint density at radius 1 is 1.62 bits per heavy atom. The van der Waals surface area contributed by atoms with Crippen LogP contribution in [0.5, 0.6) is 0 Å². The highest BCUT2D eigenvalue weighted by atomic mass is 32.1. The van der Waals surface area contributed by atoms with E-state index in [1.54, 1.807) is 0 Å². The molecule has 0 fully saturated rings. The van der Waals surface area contributed by atoms with Crippen molar-refractivity contribution in [1.29, 1.82) is 0 Å². The van der Waals surface area contributed by atoms with E-state index in [2.05, 4.69) is 27.4 Å². The molecule has 2 heteroatoms. The molecule has 0 heterocycles. The van der Waals surface area contributed by atoms with E-state index in [4.69, 9.17) is 0 Å². The second-order valence-electron chi connectivity index (χ2n) is 2.19. The molecule has 8 heavy (non-hydrogen) atoms. The third-order valence-electron chi connectivity index (χ3n) is 1.69. The van der Waals surface area contributed by atoms with Gasteiger partial charge in [-0.2, -0.15) is 12.6 Å². The van der Waals surface area contributed by atoms with Crippen LogP contribution in [0.1, 0.15) is 19.8 Å². The molecule has 0 bridgehead atoms. The summed E-state index contributed by atoms with van der Waals surface area (Å²) in [5, 5.41) is 0. The molecule has 0 N–H and O–H groups in total. The van der Waals surface area contributed by atoms with E-state index in [-0.39, 0.29) is 0 Å². The highest BCUT2D eigenvalue weighted by Gasteiger charge is 1.99. The van der Waals surface area contributed by atoms with Crippen LogP contribution in [0.3, 0.4) is 0 Å². The molecule has 0 saturated heterocycles.